The zero-order chi connectivity index (χ0) is 24.0. The summed E-state index contributed by atoms with van der Waals surface area (Å²) in [4.78, 5) is 25.1. The lowest BCUT2D eigenvalue weighted by atomic mass is 9.92. The summed E-state index contributed by atoms with van der Waals surface area (Å²) in [6, 6.07) is 20.5. The molecule has 0 spiro atoms. The van der Waals surface area contributed by atoms with Crippen molar-refractivity contribution in [1.82, 2.24) is 0 Å². The quantitative estimate of drug-likeness (QED) is 0.416. The van der Waals surface area contributed by atoms with Crippen molar-refractivity contribution >= 4 is 23.2 Å². The normalized spacial score (nSPS) is 10.9. The molecule has 3 aromatic rings. The van der Waals surface area contributed by atoms with E-state index in [4.69, 9.17) is 4.74 Å². The van der Waals surface area contributed by atoms with E-state index in [-0.39, 0.29) is 18.4 Å². The average Bonchev–Trinajstić information content (AvgIpc) is 2.79. The lowest BCUT2D eigenvalue weighted by molar-refractivity contribution is -0.118. The highest BCUT2D eigenvalue weighted by Crippen LogP contribution is 2.32. The number of para-hydroxylation sites is 1. The van der Waals surface area contributed by atoms with Crippen LogP contribution < -0.4 is 15.4 Å². The van der Waals surface area contributed by atoms with Crippen LogP contribution in [-0.2, 0) is 4.79 Å². The van der Waals surface area contributed by atoms with E-state index in [0.717, 1.165) is 28.1 Å². The number of carbonyl (C=O) groups is 2. The zero-order valence-electron chi connectivity index (χ0n) is 19.9. The molecule has 3 rings (SSSR count). The van der Waals surface area contributed by atoms with E-state index in [1.807, 2.05) is 37.3 Å². The summed E-state index contributed by atoms with van der Waals surface area (Å²) in [6.45, 7) is 10.4. The number of benzene rings is 3. The minimum Gasteiger partial charge on any atom is -0.484 e. The van der Waals surface area contributed by atoms with Crippen LogP contribution in [0.25, 0.3) is 0 Å². The second-order valence-electron chi connectivity index (χ2n) is 8.80. The topological polar surface area (TPSA) is 67.4 Å². The van der Waals surface area contributed by atoms with Gasteiger partial charge in [0.15, 0.2) is 6.61 Å². The van der Waals surface area contributed by atoms with Gasteiger partial charge in [0.25, 0.3) is 11.8 Å². The number of hydrogen-bond donors (Lipinski definition) is 2. The van der Waals surface area contributed by atoms with Gasteiger partial charge in [-0.05, 0) is 66.3 Å². The van der Waals surface area contributed by atoms with Crippen LogP contribution in [-0.4, -0.2) is 18.4 Å². The number of nitrogens with one attached hydrogen (secondary N) is 2. The Kier molecular flexibility index (Phi) is 7.88. The average molecular weight is 445 g/mol. The molecule has 33 heavy (non-hydrogen) atoms. The predicted molar refractivity (Wildman–Crippen MR) is 134 cm³/mol. The molecule has 0 radical (unpaired) electrons. The maximum atomic E-state index is 13.0. The number of aryl methyl sites for hydroxylation is 1. The van der Waals surface area contributed by atoms with Gasteiger partial charge in [-0.3, -0.25) is 9.59 Å². The fraction of sp³-hybridized carbons (Fsp3) is 0.286. The fourth-order valence-electron chi connectivity index (χ4n) is 3.57. The number of amides is 2. The molecule has 0 atom stereocenters. The Labute approximate surface area is 196 Å². The van der Waals surface area contributed by atoms with Gasteiger partial charge in [0.1, 0.15) is 5.75 Å². The molecule has 3 aromatic carbocycles. The summed E-state index contributed by atoms with van der Waals surface area (Å²) in [5.41, 5.74) is 5.51. The van der Waals surface area contributed by atoms with Gasteiger partial charge in [-0.25, -0.2) is 0 Å². The monoisotopic (exact) mass is 444 g/mol. The van der Waals surface area contributed by atoms with Crippen molar-refractivity contribution < 1.29 is 14.3 Å². The number of hydrogen-bond acceptors (Lipinski definition) is 3. The van der Waals surface area contributed by atoms with Gasteiger partial charge in [0.2, 0.25) is 0 Å². The highest BCUT2D eigenvalue weighted by atomic mass is 16.5. The van der Waals surface area contributed by atoms with Crippen LogP contribution in [0, 0.1) is 6.92 Å². The molecule has 2 amide bonds. The molecule has 0 aliphatic heterocycles. The Morgan fingerprint density at radius 1 is 0.788 bits per heavy atom. The lowest BCUT2D eigenvalue weighted by Gasteiger charge is -2.20. The Balaban J connectivity index is 1.63. The molecule has 172 valence electrons. The predicted octanol–water partition coefficient (Wildman–Crippen LogP) is 6.51. The van der Waals surface area contributed by atoms with Gasteiger partial charge < -0.3 is 15.4 Å². The van der Waals surface area contributed by atoms with E-state index in [2.05, 4.69) is 50.5 Å². The van der Waals surface area contributed by atoms with Crippen molar-refractivity contribution in [3.63, 3.8) is 0 Å². The van der Waals surface area contributed by atoms with Crippen molar-refractivity contribution in [2.24, 2.45) is 0 Å². The van der Waals surface area contributed by atoms with E-state index >= 15 is 0 Å². The first-order chi connectivity index (χ1) is 15.7. The van der Waals surface area contributed by atoms with Crippen LogP contribution in [0.3, 0.4) is 0 Å². The molecule has 0 saturated heterocycles. The Morgan fingerprint density at radius 3 is 1.91 bits per heavy atom. The Hall–Kier alpha value is -3.60. The van der Waals surface area contributed by atoms with E-state index in [1.165, 1.54) is 0 Å². The molecule has 0 saturated carbocycles. The van der Waals surface area contributed by atoms with Gasteiger partial charge in [0, 0.05) is 16.9 Å². The van der Waals surface area contributed by atoms with Gasteiger partial charge in [-0.15, -0.1) is 0 Å². The zero-order valence-corrected chi connectivity index (χ0v) is 19.9. The molecule has 0 aromatic heterocycles. The largest absolute Gasteiger partial charge is 0.484 e. The Morgan fingerprint density at radius 2 is 1.36 bits per heavy atom. The highest BCUT2D eigenvalue weighted by molar-refractivity contribution is 6.05. The number of carbonyl (C=O) groups excluding carboxylic acids is 2. The van der Waals surface area contributed by atoms with E-state index < -0.39 is 0 Å². The molecular weight excluding hydrogens is 412 g/mol. The second kappa shape index (κ2) is 10.8. The van der Waals surface area contributed by atoms with Gasteiger partial charge in [0.05, 0.1) is 0 Å². The third-order valence-electron chi connectivity index (χ3n) is 5.43. The summed E-state index contributed by atoms with van der Waals surface area (Å²) in [5, 5.41) is 5.91. The molecule has 2 N–H and O–H groups in total. The summed E-state index contributed by atoms with van der Waals surface area (Å²) in [7, 11) is 0. The molecule has 0 aliphatic carbocycles. The summed E-state index contributed by atoms with van der Waals surface area (Å²) < 4.78 is 5.57. The fourth-order valence-corrected chi connectivity index (χ4v) is 3.57. The lowest BCUT2D eigenvalue weighted by Crippen LogP contribution is -2.20. The van der Waals surface area contributed by atoms with Crippen molar-refractivity contribution in [2.45, 2.75) is 46.5 Å². The van der Waals surface area contributed by atoms with Crippen LogP contribution in [0.2, 0.25) is 0 Å². The maximum Gasteiger partial charge on any atom is 0.262 e. The van der Waals surface area contributed by atoms with Crippen LogP contribution >= 0.6 is 0 Å². The smallest absolute Gasteiger partial charge is 0.262 e. The minimum atomic E-state index is -0.243. The van der Waals surface area contributed by atoms with Crippen molar-refractivity contribution in [2.75, 3.05) is 17.2 Å². The van der Waals surface area contributed by atoms with E-state index in [0.29, 0.717) is 23.1 Å². The molecule has 0 bridgehead atoms. The molecule has 0 heterocycles. The number of rotatable bonds is 8. The SMILES string of the molecule is Cc1ccc(NC(=O)COc2ccc(C(=O)Nc3c(C(C)C)cccc3C(C)C)cc2)cc1. The van der Waals surface area contributed by atoms with E-state index in [9.17, 15) is 9.59 Å². The van der Waals surface area contributed by atoms with Gasteiger partial charge >= 0.3 is 0 Å². The Bertz CT molecular complexity index is 1070. The summed E-state index contributed by atoms with van der Waals surface area (Å²) >= 11 is 0. The van der Waals surface area contributed by atoms with Crippen molar-refractivity contribution in [3.8, 4) is 5.75 Å². The molecule has 0 unspecified atom stereocenters. The number of anilines is 2. The summed E-state index contributed by atoms with van der Waals surface area (Å²) in [5.74, 6) is 0.693. The molecule has 5 nitrogen and oxygen atoms in total. The first kappa shape index (κ1) is 24.1. The minimum absolute atomic E-state index is 0.112. The van der Waals surface area contributed by atoms with Gasteiger partial charge in [-0.2, -0.15) is 0 Å². The molecule has 5 heteroatoms. The van der Waals surface area contributed by atoms with E-state index in [1.54, 1.807) is 24.3 Å². The number of ether oxygens (including phenoxy) is 1. The van der Waals surface area contributed by atoms with Crippen LogP contribution in [0.1, 0.15) is 66.6 Å². The third-order valence-corrected chi connectivity index (χ3v) is 5.43. The van der Waals surface area contributed by atoms with Crippen molar-refractivity contribution in [3.05, 3.63) is 89.0 Å². The third kappa shape index (κ3) is 6.45. The maximum absolute atomic E-state index is 13.0. The van der Waals surface area contributed by atoms with Crippen LogP contribution in [0.15, 0.2) is 66.7 Å². The molecule has 0 aliphatic rings. The van der Waals surface area contributed by atoms with Crippen LogP contribution in [0.4, 0.5) is 11.4 Å². The van der Waals surface area contributed by atoms with Crippen LogP contribution in [0.5, 0.6) is 5.75 Å². The first-order valence-electron chi connectivity index (χ1n) is 11.3. The van der Waals surface area contributed by atoms with Crippen molar-refractivity contribution in [1.29, 1.82) is 0 Å². The summed E-state index contributed by atoms with van der Waals surface area (Å²) in [6.07, 6.45) is 0. The highest BCUT2D eigenvalue weighted by Gasteiger charge is 2.17. The molecule has 0 fully saturated rings. The first-order valence-corrected chi connectivity index (χ1v) is 11.3. The van der Waals surface area contributed by atoms with Gasteiger partial charge in [-0.1, -0.05) is 63.6 Å². The second-order valence-corrected chi connectivity index (χ2v) is 8.80. The molecular formula is C28H32N2O3. The standard InChI is InChI=1S/C28H32N2O3/c1-18(2)24-7-6-8-25(19(3)4)27(24)30-28(32)21-11-15-23(16-12-21)33-17-26(31)29-22-13-9-20(5)10-14-22/h6-16,18-19H,17H2,1-5H3,(H,29,31)(H,30,32).